The zero-order valence-corrected chi connectivity index (χ0v) is 17.1. The highest BCUT2D eigenvalue weighted by molar-refractivity contribution is 7.92. The number of methoxy groups -OCH3 is 1. The van der Waals surface area contributed by atoms with Crippen LogP contribution in [0.15, 0.2) is 59.8 Å². The number of aryl methyl sites for hydroxylation is 1. The SMILES string of the molecule is COc1ccc(NC(=O)c2cnc(C)cn2)cc1S(=O)(=O)Nc1ccc(Cl)cc1. The summed E-state index contributed by atoms with van der Waals surface area (Å²) >= 11 is 5.83. The number of carbonyl (C=O) groups is 1. The zero-order valence-electron chi connectivity index (χ0n) is 15.5. The van der Waals surface area contributed by atoms with E-state index in [9.17, 15) is 13.2 Å². The first kappa shape index (κ1) is 20.6. The summed E-state index contributed by atoms with van der Waals surface area (Å²) in [6.07, 6.45) is 2.81. The minimum atomic E-state index is -3.99. The molecule has 0 aliphatic heterocycles. The first-order valence-electron chi connectivity index (χ1n) is 8.35. The summed E-state index contributed by atoms with van der Waals surface area (Å²) in [5.74, 6) is -0.392. The number of sulfonamides is 1. The van der Waals surface area contributed by atoms with Gasteiger partial charge in [-0.2, -0.15) is 0 Å². The van der Waals surface area contributed by atoms with Crippen LogP contribution in [0.3, 0.4) is 0 Å². The van der Waals surface area contributed by atoms with E-state index in [1.807, 2.05) is 0 Å². The van der Waals surface area contributed by atoms with Crippen LogP contribution in [-0.4, -0.2) is 31.4 Å². The molecule has 1 heterocycles. The molecule has 0 spiro atoms. The molecule has 10 heteroatoms. The number of nitrogens with zero attached hydrogens (tertiary/aromatic N) is 2. The predicted molar refractivity (Wildman–Crippen MR) is 110 cm³/mol. The van der Waals surface area contributed by atoms with Crippen LogP contribution in [0, 0.1) is 6.92 Å². The van der Waals surface area contributed by atoms with Crippen molar-refractivity contribution in [1.82, 2.24) is 9.97 Å². The molecular weight excluding hydrogens is 416 g/mol. The van der Waals surface area contributed by atoms with E-state index in [2.05, 4.69) is 20.0 Å². The van der Waals surface area contributed by atoms with Crippen LogP contribution in [0.1, 0.15) is 16.2 Å². The second-order valence-electron chi connectivity index (χ2n) is 5.98. The smallest absolute Gasteiger partial charge is 0.275 e. The fourth-order valence-corrected chi connectivity index (χ4v) is 3.78. The van der Waals surface area contributed by atoms with E-state index < -0.39 is 15.9 Å². The molecule has 0 unspecified atom stereocenters. The average molecular weight is 433 g/mol. The van der Waals surface area contributed by atoms with Crippen LogP contribution >= 0.6 is 11.6 Å². The van der Waals surface area contributed by atoms with E-state index in [4.69, 9.17) is 16.3 Å². The number of amides is 1. The molecule has 0 fully saturated rings. The highest BCUT2D eigenvalue weighted by Gasteiger charge is 2.21. The maximum Gasteiger partial charge on any atom is 0.275 e. The molecule has 1 amide bonds. The first-order valence-corrected chi connectivity index (χ1v) is 10.2. The molecule has 0 aliphatic rings. The minimum absolute atomic E-state index is 0.107. The maximum absolute atomic E-state index is 12.9. The zero-order chi connectivity index (χ0) is 21.0. The lowest BCUT2D eigenvalue weighted by Crippen LogP contribution is -2.17. The van der Waals surface area contributed by atoms with Gasteiger partial charge in [0.1, 0.15) is 16.3 Å². The van der Waals surface area contributed by atoms with Crippen molar-refractivity contribution >= 4 is 38.9 Å². The van der Waals surface area contributed by atoms with Gasteiger partial charge in [0.25, 0.3) is 15.9 Å². The number of hydrogen-bond acceptors (Lipinski definition) is 6. The summed E-state index contributed by atoms with van der Waals surface area (Å²) in [5.41, 5.74) is 1.37. The van der Waals surface area contributed by atoms with E-state index in [0.717, 1.165) is 0 Å². The second-order valence-corrected chi connectivity index (χ2v) is 8.06. The van der Waals surface area contributed by atoms with Crippen molar-refractivity contribution in [3.8, 4) is 5.75 Å². The Morgan fingerprint density at radius 3 is 2.34 bits per heavy atom. The van der Waals surface area contributed by atoms with E-state index in [1.54, 1.807) is 19.1 Å². The predicted octanol–water partition coefficient (Wildman–Crippen LogP) is 3.50. The van der Waals surface area contributed by atoms with Crippen molar-refractivity contribution in [2.75, 3.05) is 17.1 Å². The number of halogens is 1. The number of ether oxygens (including phenoxy) is 1. The second kappa shape index (κ2) is 8.46. The summed E-state index contributed by atoms with van der Waals surface area (Å²) in [6.45, 7) is 1.75. The van der Waals surface area contributed by atoms with Crippen LogP contribution in [0.5, 0.6) is 5.75 Å². The number of nitrogens with one attached hydrogen (secondary N) is 2. The fourth-order valence-electron chi connectivity index (χ4n) is 2.40. The maximum atomic E-state index is 12.9. The number of anilines is 2. The molecule has 3 aromatic rings. The third-order valence-corrected chi connectivity index (χ3v) is 5.48. The molecule has 150 valence electrons. The number of rotatable bonds is 6. The Balaban J connectivity index is 1.88. The summed E-state index contributed by atoms with van der Waals surface area (Å²) in [6, 6.07) is 10.5. The molecule has 3 rings (SSSR count). The number of hydrogen-bond donors (Lipinski definition) is 2. The molecule has 2 N–H and O–H groups in total. The lowest BCUT2D eigenvalue weighted by Gasteiger charge is -2.13. The lowest BCUT2D eigenvalue weighted by molar-refractivity contribution is 0.102. The standard InChI is InChI=1S/C19H17ClN4O4S/c1-12-10-22-16(11-21-12)19(25)23-15-7-8-17(28-2)18(9-15)29(26,27)24-14-5-3-13(20)4-6-14/h3-11,24H,1-2H3,(H,23,25). The van der Waals surface area contributed by atoms with Crippen molar-refractivity contribution in [1.29, 1.82) is 0 Å². The topological polar surface area (TPSA) is 110 Å². The summed E-state index contributed by atoms with van der Waals surface area (Å²) in [7, 11) is -2.64. The van der Waals surface area contributed by atoms with Crippen LogP contribution in [0.4, 0.5) is 11.4 Å². The van der Waals surface area contributed by atoms with E-state index >= 15 is 0 Å². The van der Waals surface area contributed by atoms with Gasteiger partial charge in [0, 0.05) is 22.6 Å². The first-order chi connectivity index (χ1) is 13.8. The van der Waals surface area contributed by atoms with Gasteiger partial charge in [0.15, 0.2) is 0 Å². The minimum Gasteiger partial charge on any atom is -0.495 e. The molecule has 0 bridgehead atoms. The summed E-state index contributed by atoms with van der Waals surface area (Å²) in [4.78, 5) is 20.2. The van der Waals surface area contributed by atoms with Gasteiger partial charge < -0.3 is 10.1 Å². The van der Waals surface area contributed by atoms with Crippen LogP contribution in [0.25, 0.3) is 0 Å². The van der Waals surface area contributed by atoms with Crippen molar-refractivity contribution in [2.24, 2.45) is 0 Å². The van der Waals surface area contributed by atoms with Gasteiger partial charge >= 0.3 is 0 Å². The quantitative estimate of drug-likeness (QED) is 0.616. The number of carbonyl (C=O) groups excluding carboxylic acids is 1. The van der Waals surface area contributed by atoms with Gasteiger partial charge in [0.05, 0.1) is 19.0 Å². The Kier molecular flexibility index (Phi) is 6.00. The Morgan fingerprint density at radius 2 is 1.72 bits per heavy atom. The van der Waals surface area contributed by atoms with E-state index in [1.165, 1.54) is 49.8 Å². The van der Waals surface area contributed by atoms with Crippen molar-refractivity contribution in [3.05, 3.63) is 71.3 Å². The molecule has 29 heavy (non-hydrogen) atoms. The van der Waals surface area contributed by atoms with Crippen LogP contribution in [0.2, 0.25) is 5.02 Å². The van der Waals surface area contributed by atoms with Crippen molar-refractivity contribution in [3.63, 3.8) is 0 Å². The van der Waals surface area contributed by atoms with Gasteiger partial charge in [-0.1, -0.05) is 11.6 Å². The molecule has 0 saturated heterocycles. The molecule has 8 nitrogen and oxygen atoms in total. The average Bonchev–Trinajstić information content (AvgIpc) is 2.70. The molecule has 0 atom stereocenters. The van der Waals surface area contributed by atoms with Gasteiger partial charge in [0.2, 0.25) is 0 Å². The summed E-state index contributed by atoms with van der Waals surface area (Å²) < 4.78 is 33.3. The van der Waals surface area contributed by atoms with Crippen molar-refractivity contribution < 1.29 is 17.9 Å². The third-order valence-electron chi connectivity index (χ3n) is 3.82. The fraction of sp³-hybridized carbons (Fsp3) is 0.105. The van der Waals surface area contributed by atoms with E-state index in [0.29, 0.717) is 16.4 Å². The Bertz CT molecular complexity index is 1130. The summed E-state index contributed by atoms with van der Waals surface area (Å²) in [5, 5.41) is 3.09. The van der Waals surface area contributed by atoms with Gasteiger partial charge in [-0.15, -0.1) is 0 Å². The molecule has 0 aliphatic carbocycles. The largest absolute Gasteiger partial charge is 0.495 e. The molecular formula is C19H17ClN4O4S. The normalized spacial score (nSPS) is 11.0. The van der Waals surface area contributed by atoms with E-state index in [-0.39, 0.29) is 22.0 Å². The molecule has 2 aromatic carbocycles. The molecule has 0 saturated carbocycles. The van der Waals surface area contributed by atoms with Crippen LogP contribution < -0.4 is 14.8 Å². The highest BCUT2D eigenvalue weighted by atomic mass is 35.5. The number of benzene rings is 2. The Hall–Kier alpha value is -3.17. The van der Waals surface area contributed by atoms with Gasteiger partial charge in [-0.3, -0.25) is 14.5 Å². The Morgan fingerprint density at radius 1 is 1.03 bits per heavy atom. The number of aromatic nitrogens is 2. The highest BCUT2D eigenvalue weighted by Crippen LogP contribution is 2.29. The monoisotopic (exact) mass is 432 g/mol. The van der Waals surface area contributed by atoms with Gasteiger partial charge in [-0.05, 0) is 49.4 Å². The third kappa shape index (κ3) is 5.01. The lowest BCUT2D eigenvalue weighted by atomic mass is 10.3. The molecule has 0 radical (unpaired) electrons. The Labute approximate surface area is 173 Å². The molecule has 1 aromatic heterocycles. The van der Waals surface area contributed by atoms with Crippen molar-refractivity contribution in [2.45, 2.75) is 11.8 Å². The van der Waals surface area contributed by atoms with Crippen LogP contribution in [-0.2, 0) is 10.0 Å². The van der Waals surface area contributed by atoms with Gasteiger partial charge in [-0.25, -0.2) is 13.4 Å².